The Hall–Kier alpha value is -2.61. The second-order valence-electron chi connectivity index (χ2n) is 6.19. The number of nitrogens with one attached hydrogen (secondary N) is 1. The molecule has 0 atom stereocenters. The Kier molecular flexibility index (Phi) is 5.99. The summed E-state index contributed by atoms with van der Waals surface area (Å²) < 4.78 is 7.33. The van der Waals surface area contributed by atoms with E-state index in [2.05, 4.69) is 15.4 Å². The Labute approximate surface area is 181 Å². The summed E-state index contributed by atoms with van der Waals surface area (Å²) in [7, 11) is 0. The number of carbonyl (C=O) groups is 1. The minimum absolute atomic E-state index is 0.171. The van der Waals surface area contributed by atoms with Gasteiger partial charge in [-0.25, -0.2) is 4.52 Å². The Morgan fingerprint density at radius 2 is 2.00 bits per heavy atom. The first-order valence-electron chi connectivity index (χ1n) is 8.87. The van der Waals surface area contributed by atoms with Gasteiger partial charge in [0.05, 0.1) is 17.3 Å². The Morgan fingerprint density at radius 3 is 2.79 bits per heavy atom. The number of hydrogen-bond acceptors (Lipinski definition) is 5. The minimum Gasteiger partial charge on any atom is -0.492 e. The highest BCUT2D eigenvalue weighted by atomic mass is 35.5. The van der Waals surface area contributed by atoms with E-state index in [1.54, 1.807) is 22.7 Å². The molecule has 2 heterocycles. The van der Waals surface area contributed by atoms with Crippen molar-refractivity contribution in [1.29, 1.82) is 0 Å². The van der Waals surface area contributed by atoms with E-state index in [1.165, 1.54) is 11.3 Å². The molecule has 0 bridgehead atoms. The molecule has 0 spiro atoms. The maximum Gasteiger partial charge on any atom is 0.250 e. The number of aromatic nitrogens is 3. The van der Waals surface area contributed by atoms with E-state index < -0.39 is 0 Å². The van der Waals surface area contributed by atoms with Crippen molar-refractivity contribution in [2.24, 2.45) is 0 Å². The van der Waals surface area contributed by atoms with Crippen LogP contribution in [-0.2, 0) is 4.79 Å². The van der Waals surface area contributed by atoms with E-state index in [1.807, 2.05) is 35.7 Å². The lowest BCUT2D eigenvalue weighted by Gasteiger charge is -2.07. The van der Waals surface area contributed by atoms with E-state index in [0.717, 1.165) is 16.2 Å². The summed E-state index contributed by atoms with van der Waals surface area (Å²) in [5.41, 5.74) is 1.98. The van der Waals surface area contributed by atoms with Crippen LogP contribution < -0.4 is 10.1 Å². The van der Waals surface area contributed by atoms with Crippen LogP contribution in [-0.4, -0.2) is 27.1 Å². The molecule has 29 heavy (non-hydrogen) atoms. The standard InChI is InChI=1S/C20H16Cl2N4O2S/c21-14-8-9-17(15(22)11-14)28-10-4-7-18(27)23-19-24-20-26(25-19)16(12-29-20)13-5-2-1-3-6-13/h1-3,5-6,8-9,11-12H,4,7,10H2,(H,23,25,27). The molecule has 1 amide bonds. The van der Waals surface area contributed by atoms with Crippen molar-refractivity contribution in [2.45, 2.75) is 12.8 Å². The van der Waals surface area contributed by atoms with Crippen molar-refractivity contribution < 1.29 is 9.53 Å². The van der Waals surface area contributed by atoms with E-state index in [4.69, 9.17) is 27.9 Å². The number of ether oxygens (including phenoxy) is 1. The predicted octanol–water partition coefficient (Wildman–Crippen LogP) is 5.56. The lowest BCUT2D eigenvalue weighted by molar-refractivity contribution is -0.116. The van der Waals surface area contributed by atoms with Gasteiger partial charge in [0, 0.05) is 22.4 Å². The number of hydrogen-bond donors (Lipinski definition) is 1. The van der Waals surface area contributed by atoms with E-state index >= 15 is 0 Å². The molecule has 0 aliphatic carbocycles. The topological polar surface area (TPSA) is 68.5 Å². The first kappa shape index (κ1) is 19.7. The zero-order valence-corrected chi connectivity index (χ0v) is 17.5. The lowest BCUT2D eigenvalue weighted by Crippen LogP contribution is -2.14. The van der Waals surface area contributed by atoms with Crippen molar-refractivity contribution in [2.75, 3.05) is 11.9 Å². The van der Waals surface area contributed by atoms with Gasteiger partial charge >= 0.3 is 0 Å². The van der Waals surface area contributed by atoms with Gasteiger partial charge in [-0.2, -0.15) is 4.98 Å². The smallest absolute Gasteiger partial charge is 0.250 e. The number of carbonyl (C=O) groups excluding carboxylic acids is 1. The molecule has 0 aliphatic rings. The Balaban J connectivity index is 1.32. The van der Waals surface area contributed by atoms with Gasteiger partial charge < -0.3 is 4.74 Å². The molecule has 4 rings (SSSR count). The summed E-state index contributed by atoms with van der Waals surface area (Å²) in [6, 6.07) is 14.9. The quantitative estimate of drug-likeness (QED) is 0.377. The van der Waals surface area contributed by atoms with Gasteiger partial charge in [0.25, 0.3) is 0 Å². The molecule has 0 saturated carbocycles. The summed E-state index contributed by atoms with van der Waals surface area (Å²) in [6.07, 6.45) is 0.811. The predicted molar refractivity (Wildman–Crippen MR) is 116 cm³/mol. The van der Waals surface area contributed by atoms with E-state index in [0.29, 0.717) is 34.8 Å². The minimum atomic E-state index is -0.171. The molecule has 0 unspecified atom stereocenters. The first-order valence-corrected chi connectivity index (χ1v) is 10.5. The Bertz CT molecular complexity index is 1140. The van der Waals surface area contributed by atoms with Gasteiger partial charge in [-0.15, -0.1) is 16.4 Å². The van der Waals surface area contributed by atoms with Gasteiger partial charge in [0.15, 0.2) is 0 Å². The van der Waals surface area contributed by atoms with Gasteiger partial charge in [-0.05, 0) is 24.6 Å². The molecule has 4 aromatic rings. The summed E-state index contributed by atoms with van der Waals surface area (Å²) in [4.78, 5) is 17.3. The maximum atomic E-state index is 12.2. The zero-order valence-electron chi connectivity index (χ0n) is 15.1. The average molecular weight is 447 g/mol. The van der Waals surface area contributed by atoms with Gasteiger partial charge in [-0.1, -0.05) is 53.5 Å². The number of fused-ring (bicyclic) bond motifs is 1. The molecular formula is C20H16Cl2N4O2S. The van der Waals surface area contributed by atoms with Gasteiger partial charge in [-0.3, -0.25) is 10.1 Å². The van der Waals surface area contributed by atoms with Crippen LogP contribution in [0.1, 0.15) is 12.8 Å². The molecule has 9 heteroatoms. The van der Waals surface area contributed by atoms with Crippen molar-refractivity contribution in [3.8, 4) is 17.0 Å². The number of halogens is 2. The molecule has 0 aliphatic heterocycles. The second kappa shape index (κ2) is 8.82. The molecule has 6 nitrogen and oxygen atoms in total. The molecule has 0 saturated heterocycles. The molecule has 2 aromatic carbocycles. The number of rotatable bonds is 7. The fourth-order valence-electron chi connectivity index (χ4n) is 2.74. The monoisotopic (exact) mass is 446 g/mol. The third-order valence-corrected chi connectivity index (χ3v) is 5.45. The largest absolute Gasteiger partial charge is 0.492 e. The average Bonchev–Trinajstić information content (AvgIpc) is 3.27. The lowest BCUT2D eigenvalue weighted by atomic mass is 10.2. The van der Waals surface area contributed by atoms with Crippen molar-refractivity contribution >= 4 is 51.4 Å². The number of amides is 1. The number of nitrogens with zero attached hydrogens (tertiary/aromatic N) is 3. The summed E-state index contributed by atoms with van der Waals surface area (Å²) in [6.45, 7) is 0.360. The van der Waals surface area contributed by atoms with E-state index in [9.17, 15) is 4.79 Å². The van der Waals surface area contributed by atoms with Crippen LogP contribution in [0.25, 0.3) is 16.2 Å². The van der Waals surface area contributed by atoms with Crippen LogP contribution in [0.2, 0.25) is 10.0 Å². The van der Waals surface area contributed by atoms with Crippen LogP contribution in [0.15, 0.2) is 53.9 Å². The fraction of sp³-hybridized carbons (Fsp3) is 0.150. The number of anilines is 1. The van der Waals surface area contributed by atoms with Crippen LogP contribution in [0.4, 0.5) is 5.95 Å². The highest BCUT2D eigenvalue weighted by Gasteiger charge is 2.13. The SMILES string of the molecule is O=C(CCCOc1ccc(Cl)cc1Cl)Nc1nc2scc(-c3ccccc3)n2n1. The number of thiazole rings is 1. The summed E-state index contributed by atoms with van der Waals surface area (Å²) in [5.74, 6) is 0.664. The third kappa shape index (κ3) is 4.70. The molecule has 0 radical (unpaired) electrons. The zero-order chi connectivity index (χ0) is 20.2. The molecule has 2 aromatic heterocycles. The van der Waals surface area contributed by atoms with Crippen molar-refractivity contribution in [3.05, 3.63) is 64.0 Å². The summed E-state index contributed by atoms with van der Waals surface area (Å²) >= 11 is 13.4. The molecular weight excluding hydrogens is 431 g/mol. The maximum absolute atomic E-state index is 12.2. The summed E-state index contributed by atoms with van der Waals surface area (Å²) in [5, 5.41) is 10.1. The second-order valence-corrected chi connectivity index (χ2v) is 7.87. The molecule has 0 fully saturated rings. The van der Waals surface area contributed by atoms with Crippen molar-refractivity contribution in [3.63, 3.8) is 0 Å². The van der Waals surface area contributed by atoms with Crippen molar-refractivity contribution in [1.82, 2.24) is 14.6 Å². The van der Waals surface area contributed by atoms with Gasteiger partial charge in [0.2, 0.25) is 16.8 Å². The van der Waals surface area contributed by atoms with Crippen LogP contribution >= 0.6 is 34.5 Å². The van der Waals surface area contributed by atoms with Crippen LogP contribution in [0, 0.1) is 0 Å². The highest BCUT2D eigenvalue weighted by molar-refractivity contribution is 7.15. The van der Waals surface area contributed by atoms with Crippen LogP contribution in [0.5, 0.6) is 5.75 Å². The van der Waals surface area contributed by atoms with Crippen LogP contribution in [0.3, 0.4) is 0 Å². The Morgan fingerprint density at radius 1 is 1.17 bits per heavy atom. The third-order valence-electron chi connectivity index (χ3n) is 4.10. The number of benzene rings is 2. The normalized spacial score (nSPS) is 11.0. The molecule has 148 valence electrons. The molecule has 1 N–H and O–H groups in total. The first-order chi connectivity index (χ1) is 14.1. The van der Waals surface area contributed by atoms with E-state index in [-0.39, 0.29) is 12.3 Å². The van der Waals surface area contributed by atoms with Gasteiger partial charge in [0.1, 0.15) is 5.75 Å². The highest BCUT2D eigenvalue weighted by Crippen LogP contribution is 2.28. The fourth-order valence-corrected chi connectivity index (χ4v) is 4.03.